The van der Waals surface area contributed by atoms with E-state index in [9.17, 15) is 13.6 Å². The van der Waals surface area contributed by atoms with Crippen molar-refractivity contribution in [2.75, 3.05) is 12.4 Å². The molecule has 4 N–H and O–H groups in total. The van der Waals surface area contributed by atoms with E-state index in [1.54, 1.807) is 19.3 Å². The highest BCUT2D eigenvalue weighted by Gasteiger charge is 2.14. The lowest BCUT2D eigenvalue weighted by Gasteiger charge is -2.19. The predicted octanol–water partition coefficient (Wildman–Crippen LogP) is 4.54. The number of ether oxygens (including phenoxy) is 1. The quantitative estimate of drug-likeness (QED) is 0.609. The molecule has 0 aromatic heterocycles. The molecule has 0 spiro atoms. The van der Waals surface area contributed by atoms with Gasteiger partial charge >= 0.3 is 0 Å². The number of carbonyl (C=O) groups excluding carboxylic acids is 1. The molecule has 5 nitrogen and oxygen atoms in total. The number of anilines is 1. The Morgan fingerprint density at radius 1 is 1.10 bits per heavy atom. The van der Waals surface area contributed by atoms with Gasteiger partial charge in [-0.1, -0.05) is 11.6 Å². The van der Waals surface area contributed by atoms with Crippen LogP contribution in [0.4, 0.5) is 14.5 Å². The van der Waals surface area contributed by atoms with E-state index in [1.165, 1.54) is 12.1 Å². The third kappa shape index (κ3) is 6.18. The third-order valence-electron chi connectivity index (χ3n) is 4.83. The first-order valence-electron chi connectivity index (χ1n) is 9.86. The number of nitrogens with two attached hydrogens (primary N) is 1. The zero-order valence-corrected chi connectivity index (χ0v) is 17.5. The molecule has 0 bridgehead atoms. The van der Waals surface area contributed by atoms with Gasteiger partial charge in [-0.3, -0.25) is 4.79 Å². The highest BCUT2D eigenvalue weighted by Crippen LogP contribution is 2.24. The second-order valence-corrected chi connectivity index (χ2v) is 7.34. The summed E-state index contributed by atoms with van der Waals surface area (Å²) in [5.41, 5.74) is 9.49. The number of primary amides is 1. The number of allylic oxidation sites excluding steroid dienone is 3. The Morgan fingerprint density at radius 2 is 1.84 bits per heavy atom. The van der Waals surface area contributed by atoms with Gasteiger partial charge in [0.25, 0.3) is 5.91 Å². The van der Waals surface area contributed by atoms with E-state index < -0.39 is 17.5 Å². The Bertz CT molecular complexity index is 1050. The molecule has 0 atom stereocenters. The largest absolute Gasteiger partial charge is 0.497 e. The summed E-state index contributed by atoms with van der Waals surface area (Å²) >= 11 is 0. The molecule has 2 aromatic rings. The van der Waals surface area contributed by atoms with Gasteiger partial charge in [0.2, 0.25) is 0 Å². The second-order valence-electron chi connectivity index (χ2n) is 7.34. The van der Waals surface area contributed by atoms with E-state index in [0.717, 1.165) is 29.4 Å². The predicted molar refractivity (Wildman–Crippen MR) is 117 cm³/mol. The Balaban J connectivity index is 1.94. The molecule has 0 unspecified atom stereocenters. The summed E-state index contributed by atoms with van der Waals surface area (Å²) in [7, 11) is 1.60. The average molecular weight is 425 g/mol. The van der Waals surface area contributed by atoms with Gasteiger partial charge in [-0.2, -0.15) is 0 Å². The smallest absolute Gasteiger partial charge is 0.250 e. The van der Waals surface area contributed by atoms with Crippen molar-refractivity contribution >= 4 is 11.6 Å². The first kappa shape index (κ1) is 22.1. The normalized spacial score (nSPS) is 19.9. The molecule has 0 saturated carbocycles. The van der Waals surface area contributed by atoms with Crippen molar-refractivity contribution in [2.45, 2.75) is 26.3 Å². The van der Waals surface area contributed by atoms with Crippen LogP contribution in [-0.2, 0) is 11.3 Å². The van der Waals surface area contributed by atoms with E-state index in [1.807, 2.05) is 31.2 Å². The van der Waals surface area contributed by atoms with Crippen molar-refractivity contribution < 1.29 is 18.3 Å². The lowest BCUT2D eigenvalue weighted by Crippen LogP contribution is -2.22. The molecule has 3 rings (SSSR count). The van der Waals surface area contributed by atoms with Crippen LogP contribution in [-0.4, -0.2) is 13.0 Å². The minimum atomic E-state index is -0.662. The Kier molecular flexibility index (Phi) is 7.07. The molecule has 162 valence electrons. The SMILES string of the molecule is COc1cccc(N/C2=C/C(NCc3cc(F)cc(F)c3)=C(C(N)=O)\C=C(/C)CC2)c1. The summed E-state index contributed by atoms with van der Waals surface area (Å²) in [4.78, 5) is 12.1. The zero-order valence-electron chi connectivity index (χ0n) is 17.5. The Morgan fingerprint density at radius 3 is 2.52 bits per heavy atom. The van der Waals surface area contributed by atoms with Gasteiger partial charge in [0.1, 0.15) is 17.4 Å². The number of rotatable bonds is 7. The third-order valence-corrected chi connectivity index (χ3v) is 4.83. The molecule has 1 aliphatic rings. The fourth-order valence-electron chi connectivity index (χ4n) is 3.30. The maximum Gasteiger partial charge on any atom is 0.250 e. The van der Waals surface area contributed by atoms with Gasteiger partial charge in [-0.25, -0.2) is 8.78 Å². The monoisotopic (exact) mass is 425 g/mol. The molecule has 31 heavy (non-hydrogen) atoms. The van der Waals surface area contributed by atoms with E-state index in [0.29, 0.717) is 29.0 Å². The molecule has 0 heterocycles. The van der Waals surface area contributed by atoms with Crippen LogP contribution in [0.3, 0.4) is 0 Å². The van der Waals surface area contributed by atoms with Crippen molar-refractivity contribution in [1.29, 1.82) is 0 Å². The molecule has 7 heteroatoms. The topological polar surface area (TPSA) is 76.4 Å². The number of benzene rings is 2. The summed E-state index contributed by atoms with van der Waals surface area (Å²) in [6.45, 7) is 2.05. The fourth-order valence-corrected chi connectivity index (χ4v) is 3.30. The molecule has 0 fully saturated rings. The molecular weight excluding hydrogens is 400 g/mol. The highest BCUT2D eigenvalue weighted by molar-refractivity contribution is 5.96. The fraction of sp³-hybridized carbons (Fsp3) is 0.208. The Labute approximate surface area is 180 Å². The van der Waals surface area contributed by atoms with Gasteiger partial charge in [0, 0.05) is 35.8 Å². The lowest BCUT2D eigenvalue weighted by molar-refractivity contribution is -0.114. The molecular formula is C24H25F2N3O2. The van der Waals surface area contributed by atoms with Crippen molar-refractivity contribution in [3.8, 4) is 5.75 Å². The number of nitrogens with one attached hydrogen (secondary N) is 2. The lowest BCUT2D eigenvalue weighted by atomic mass is 10.00. The van der Waals surface area contributed by atoms with Gasteiger partial charge in [0.05, 0.1) is 12.7 Å². The van der Waals surface area contributed by atoms with Gasteiger partial charge < -0.3 is 21.1 Å². The van der Waals surface area contributed by atoms with Crippen LogP contribution in [0.1, 0.15) is 25.3 Å². The Hall–Kier alpha value is -3.61. The molecule has 1 aliphatic carbocycles. The van der Waals surface area contributed by atoms with Crippen LogP contribution < -0.4 is 21.1 Å². The summed E-state index contributed by atoms with van der Waals surface area (Å²) in [5.74, 6) is -1.20. The molecule has 1 amide bonds. The minimum absolute atomic E-state index is 0.122. The number of hydrogen-bond donors (Lipinski definition) is 3. The van der Waals surface area contributed by atoms with Gasteiger partial charge in [-0.05, 0) is 61.7 Å². The maximum atomic E-state index is 13.5. The van der Waals surface area contributed by atoms with Crippen LogP contribution >= 0.6 is 0 Å². The summed E-state index contributed by atoms with van der Waals surface area (Å²) < 4.78 is 32.3. The van der Waals surface area contributed by atoms with Gasteiger partial charge in [0.15, 0.2) is 0 Å². The van der Waals surface area contributed by atoms with Crippen LogP contribution in [0.5, 0.6) is 5.75 Å². The maximum absolute atomic E-state index is 13.5. The summed E-state index contributed by atoms with van der Waals surface area (Å²) in [5, 5.41) is 6.47. The molecule has 2 aromatic carbocycles. The van der Waals surface area contributed by atoms with Crippen molar-refractivity contribution in [1.82, 2.24) is 5.32 Å². The van der Waals surface area contributed by atoms with E-state index in [4.69, 9.17) is 10.5 Å². The van der Waals surface area contributed by atoms with Crippen LogP contribution in [0.25, 0.3) is 0 Å². The van der Waals surface area contributed by atoms with Crippen molar-refractivity contribution in [3.63, 3.8) is 0 Å². The first-order valence-corrected chi connectivity index (χ1v) is 9.86. The second kappa shape index (κ2) is 9.93. The zero-order chi connectivity index (χ0) is 22.4. The van der Waals surface area contributed by atoms with Crippen LogP contribution in [0, 0.1) is 11.6 Å². The van der Waals surface area contributed by atoms with Crippen molar-refractivity contribution in [2.24, 2.45) is 5.73 Å². The van der Waals surface area contributed by atoms with Crippen LogP contribution in [0.15, 0.2) is 77.2 Å². The van der Waals surface area contributed by atoms with E-state index in [2.05, 4.69) is 10.6 Å². The average Bonchev–Trinajstić information content (AvgIpc) is 2.71. The number of amides is 1. The molecule has 0 aliphatic heterocycles. The minimum Gasteiger partial charge on any atom is -0.497 e. The van der Waals surface area contributed by atoms with Crippen LogP contribution in [0.2, 0.25) is 0 Å². The van der Waals surface area contributed by atoms with Gasteiger partial charge in [-0.15, -0.1) is 0 Å². The van der Waals surface area contributed by atoms with E-state index in [-0.39, 0.29) is 6.54 Å². The summed E-state index contributed by atoms with van der Waals surface area (Å²) in [6, 6.07) is 10.8. The molecule has 0 radical (unpaired) electrons. The standard InChI is InChI=1S/C24H25F2N3O2/c1-15-6-7-20(29-19-4-3-5-21(12-19)31-2)13-23(22(8-15)24(27)30)28-14-16-9-17(25)11-18(26)10-16/h3-5,8-13,28-29H,6-7,14H2,1-2H3,(H2,27,30)/b15-8+,20-13+,23-22-. The van der Waals surface area contributed by atoms with E-state index >= 15 is 0 Å². The number of halogens is 2. The number of carbonyl (C=O) groups is 1. The highest BCUT2D eigenvalue weighted by atomic mass is 19.1. The number of hydrogen-bond acceptors (Lipinski definition) is 4. The number of methoxy groups -OCH3 is 1. The summed E-state index contributed by atoms with van der Waals surface area (Å²) in [6.07, 6.45) is 4.99. The first-order chi connectivity index (χ1) is 14.8. The molecule has 0 saturated heterocycles. The van der Waals surface area contributed by atoms with Crippen molar-refractivity contribution in [3.05, 3.63) is 94.4 Å².